The minimum Gasteiger partial charge on any atom is -0.432 e. The predicted molar refractivity (Wildman–Crippen MR) is 102 cm³/mol. The lowest BCUT2D eigenvalue weighted by molar-refractivity contribution is -0.242. The molecule has 0 aromatic carbocycles. The number of ketones is 1. The summed E-state index contributed by atoms with van der Waals surface area (Å²) in [6.07, 6.45) is 10.7. The highest BCUT2D eigenvalue weighted by molar-refractivity contribution is 5.98. The molecule has 5 nitrogen and oxygen atoms in total. The van der Waals surface area contributed by atoms with Crippen LogP contribution < -0.4 is 0 Å². The fourth-order valence-corrected chi connectivity index (χ4v) is 6.82. The average molecular weight is 384 g/mol. The van der Waals surface area contributed by atoms with Crippen molar-refractivity contribution in [2.45, 2.75) is 63.8 Å². The van der Waals surface area contributed by atoms with Gasteiger partial charge in [0, 0.05) is 30.8 Å². The van der Waals surface area contributed by atoms with Crippen molar-refractivity contribution in [1.29, 1.82) is 0 Å². The zero-order valence-corrected chi connectivity index (χ0v) is 16.5. The number of hydrogen-bond donors (Lipinski definition) is 2. The zero-order valence-electron chi connectivity index (χ0n) is 16.5. The van der Waals surface area contributed by atoms with Gasteiger partial charge in [-0.2, -0.15) is 0 Å². The molecule has 4 aliphatic carbocycles. The van der Waals surface area contributed by atoms with Gasteiger partial charge in [0.15, 0.2) is 5.78 Å². The highest BCUT2D eigenvalue weighted by Crippen LogP contribution is 2.65. The van der Waals surface area contributed by atoms with Crippen LogP contribution in [0.3, 0.4) is 0 Å². The summed E-state index contributed by atoms with van der Waals surface area (Å²) in [5, 5.41) is 22.4. The number of ether oxygens (including phenoxy) is 1. The second kappa shape index (κ2) is 6.05. The number of rotatable bonds is 1. The first kappa shape index (κ1) is 19.4. The molecule has 4 aliphatic rings. The number of aliphatic hydroxyl groups is 2. The van der Waals surface area contributed by atoms with Gasteiger partial charge in [-0.3, -0.25) is 9.59 Å². The predicted octanol–water partition coefficient (Wildman–Crippen LogP) is 2.52. The first-order valence-corrected chi connectivity index (χ1v) is 10.1. The molecule has 28 heavy (non-hydrogen) atoms. The van der Waals surface area contributed by atoms with Crippen LogP contribution in [0, 0.1) is 41.4 Å². The van der Waals surface area contributed by atoms with Crippen molar-refractivity contribution < 1.29 is 24.5 Å². The van der Waals surface area contributed by atoms with Crippen LogP contribution in [0.15, 0.2) is 23.8 Å². The molecule has 0 aliphatic heterocycles. The summed E-state index contributed by atoms with van der Waals surface area (Å²) in [6.45, 7) is 7.21. The van der Waals surface area contributed by atoms with Crippen LogP contribution in [-0.2, 0) is 14.3 Å². The van der Waals surface area contributed by atoms with Crippen LogP contribution in [0.1, 0.15) is 52.4 Å². The molecule has 0 aromatic heterocycles. The average Bonchev–Trinajstić information content (AvgIpc) is 2.86. The lowest BCUT2D eigenvalue weighted by atomic mass is 9.49. The maximum absolute atomic E-state index is 13.1. The Labute approximate surface area is 165 Å². The maximum Gasteiger partial charge on any atom is 0.305 e. The van der Waals surface area contributed by atoms with Crippen LogP contribution >= 0.6 is 0 Å². The van der Waals surface area contributed by atoms with E-state index in [0.29, 0.717) is 36.8 Å². The molecular formula is C23H28O5. The molecule has 0 saturated heterocycles. The van der Waals surface area contributed by atoms with Gasteiger partial charge in [-0.05, 0) is 49.0 Å². The van der Waals surface area contributed by atoms with E-state index in [1.54, 1.807) is 6.08 Å². The van der Waals surface area contributed by atoms with Crippen molar-refractivity contribution in [2.24, 2.45) is 29.1 Å². The molecule has 150 valence electrons. The summed E-state index contributed by atoms with van der Waals surface area (Å²) in [5.41, 5.74) is -0.489. The molecule has 2 N–H and O–H groups in total. The second-order valence-electron chi connectivity index (χ2n) is 9.41. The van der Waals surface area contributed by atoms with Crippen molar-refractivity contribution in [2.75, 3.05) is 0 Å². The lowest BCUT2D eigenvalue weighted by Crippen LogP contribution is -2.58. The fourth-order valence-electron chi connectivity index (χ4n) is 6.82. The summed E-state index contributed by atoms with van der Waals surface area (Å²) in [4.78, 5) is 24.8. The quantitative estimate of drug-likeness (QED) is 0.412. The topological polar surface area (TPSA) is 83.8 Å². The molecule has 3 fully saturated rings. The molecule has 3 saturated carbocycles. The Balaban J connectivity index is 1.77. The Morgan fingerprint density at radius 2 is 2.04 bits per heavy atom. The molecule has 7 atom stereocenters. The molecule has 0 heterocycles. The van der Waals surface area contributed by atoms with E-state index in [1.165, 1.54) is 6.92 Å². The molecular weight excluding hydrogens is 356 g/mol. The van der Waals surface area contributed by atoms with Crippen LogP contribution in [-0.4, -0.2) is 33.4 Å². The van der Waals surface area contributed by atoms with Crippen LogP contribution in [0.2, 0.25) is 0 Å². The Morgan fingerprint density at radius 3 is 2.68 bits per heavy atom. The minimum atomic E-state index is -1.75. The molecule has 1 unspecified atom stereocenters. The van der Waals surface area contributed by atoms with E-state index in [1.807, 2.05) is 6.92 Å². The van der Waals surface area contributed by atoms with Crippen molar-refractivity contribution in [3.8, 4) is 12.3 Å². The number of hydrogen-bond acceptors (Lipinski definition) is 5. The highest BCUT2D eigenvalue weighted by Gasteiger charge is 2.65. The van der Waals surface area contributed by atoms with Crippen LogP contribution in [0.25, 0.3) is 0 Å². The summed E-state index contributed by atoms with van der Waals surface area (Å²) in [7, 11) is 0. The maximum atomic E-state index is 13.1. The Kier molecular flexibility index (Phi) is 4.19. The molecule has 4 rings (SSSR count). The Morgan fingerprint density at radius 1 is 1.32 bits per heavy atom. The number of terminal acetylenes is 1. The fraction of sp³-hybridized carbons (Fsp3) is 0.652. The van der Waals surface area contributed by atoms with E-state index in [4.69, 9.17) is 11.2 Å². The number of allylic oxidation sites excluding steroid dienone is 1. The first-order valence-electron chi connectivity index (χ1n) is 10.1. The number of Topliss-reactive ketones (excluding diaryl/α,β-unsaturated/α-hetero) is 1. The SMILES string of the molecule is C#C[C@]1(O)CC[C@H]2[C@@H]3CC(=O)C4=CC(=C)CC(O)(OC(C)=O)[C@@H]4[C@H]3CC[C@@]21C. The van der Waals surface area contributed by atoms with Gasteiger partial charge in [-0.1, -0.05) is 25.5 Å². The molecule has 0 bridgehead atoms. The third kappa shape index (κ3) is 2.47. The van der Waals surface area contributed by atoms with E-state index in [2.05, 4.69) is 12.5 Å². The second-order valence-corrected chi connectivity index (χ2v) is 9.41. The van der Waals surface area contributed by atoms with Gasteiger partial charge < -0.3 is 14.9 Å². The molecule has 0 aromatic rings. The number of fused-ring (bicyclic) bond motifs is 5. The van der Waals surface area contributed by atoms with Crippen LogP contribution in [0.5, 0.6) is 0 Å². The van der Waals surface area contributed by atoms with Gasteiger partial charge in [0.25, 0.3) is 0 Å². The normalized spacial score (nSPS) is 47.3. The van der Waals surface area contributed by atoms with E-state index in [9.17, 15) is 19.8 Å². The van der Waals surface area contributed by atoms with Gasteiger partial charge in [0.1, 0.15) is 5.60 Å². The van der Waals surface area contributed by atoms with E-state index < -0.39 is 28.7 Å². The van der Waals surface area contributed by atoms with Crippen molar-refractivity contribution >= 4 is 11.8 Å². The minimum absolute atomic E-state index is 0.000371. The molecule has 0 radical (unpaired) electrons. The van der Waals surface area contributed by atoms with Gasteiger partial charge in [-0.25, -0.2) is 0 Å². The van der Waals surface area contributed by atoms with E-state index >= 15 is 0 Å². The van der Waals surface area contributed by atoms with Gasteiger partial charge >= 0.3 is 5.97 Å². The number of carbonyl (C=O) groups excluding carboxylic acids is 2. The summed E-state index contributed by atoms with van der Waals surface area (Å²) >= 11 is 0. The summed E-state index contributed by atoms with van der Waals surface area (Å²) in [5.74, 6) is -0.187. The summed E-state index contributed by atoms with van der Waals surface area (Å²) < 4.78 is 5.40. The zero-order chi connectivity index (χ0) is 20.5. The highest BCUT2D eigenvalue weighted by atomic mass is 16.7. The van der Waals surface area contributed by atoms with Crippen molar-refractivity contribution in [3.63, 3.8) is 0 Å². The van der Waals surface area contributed by atoms with E-state index in [-0.39, 0.29) is 30.0 Å². The summed E-state index contributed by atoms with van der Waals surface area (Å²) in [6, 6.07) is 0. The third-order valence-electron chi connectivity index (χ3n) is 8.04. The molecule has 5 heteroatoms. The van der Waals surface area contributed by atoms with Gasteiger partial charge in [0.2, 0.25) is 5.79 Å². The third-order valence-corrected chi connectivity index (χ3v) is 8.04. The Bertz CT molecular complexity index is 834. The van der Waals surface area contributed by atoms with Gasteiger partial charge in [0.05, 0.1) is 5.92 Å². The van der Waals surface area contributed by atoms with E-state index in [0.717, 1.165) is 6.42 Å². The number of carbonyl (C=O) groups is 2. The molecule has 0 amide bonds. The lowest BCUT2D eigenvalue weighted by Gasteiger charge is -2.56. The van der Waals surface area contributed by atoms with Crippen LogP contribution in [0.4, 0.5) is 0 Å². The largest absolute Gasteiger partial charge is 0.432 e. The molecule has 0 spiro atoms. The first-order chi connectivity index (χ1) is 13.0. The number of esters is 1. The van der Waals surface area contributed by atoms with Gasteiger partial charge in [-0.15, -0.1) is 6.42 Å². The smallest absolute Gasteiger partial charge is 0.305 e. The Hall–Kier alpha value is -1.90. The van der Waals surface area contributed by atoms with Crippen molar-refractivity contribution in [3.05, 3.63) is 23.8 Å². The standard InChI is InChI=1S/C23H28O5/c1-5-22(26)9-7-18-16-11-19(25)17-10-13(2)12-23(27,28-14(3)24)20(17)15(16)6-8-21(18,22)4/h1,10,15-16,18,20,26-27H,2,6-9,11-12H2,3-4H3/t15-,16+,18-,20+,21-,22-,23?/m0/s1. The van der Waals surface area contributed by atoms with Crippen molar-refractivity contribution in [1.82, 2.24) is 0 Å². The monoisotopic (exact) mass is 384 g/mol.